The van der Waals surface area contributed by atoms with E-state index >= 15 is 0 Å². The van der Waals surface area contributed by atoms with Gasteiger partial charge in [0.15, 0.2) is 10.0 Å². The third-order valence-electron chi connectivity index (χ3n) is 7.87. The van der Waals surface area contributed by atoms with Gasteiger partial charge in [-0.25, -0.2) is 9.97 Å². The number of hydrogen-bond donors (Lipinski definition) is 0. The van der Waals surface area contributed by atoms with Crippen LogP contribution >= 0.6 is 68.0 Å². The van der Waals surface area contributed by atoms with Crippen LogP contribution in [0.25, 0.3) is 91.4 Å². The van der Waals surface area contributed by atoms with E-state index < -0.39 is 0 Å². The molecule has 0 saturated carbocycles. The van der Waals surface area contributed by atoms with Gasteiger partial charge in [0.05, 0.1) is 9.75 Å². The molecule has 0 amide bonds. The highest BCUT2D eigenvalue weighted by Gasteiger charge is 2.17. The van der Waals surface area contributed by atoms with Gasteiger partial charge in [0.25, 0.3) is 0 Å². The Morgan fingerprint density at radius 2 is 0.810 bits per heavy atom. The number of nitrogens with zero attached hydrogens (tertiary/aromatic N) is 2. The molecule has 0 spiro atoms. The highest BCUT2D eigenvalue weighted by Crippen LogP contribution is 2.46. The Balaban J connectivity index is 1.01. The monoisotopic (exact) mass is 644 g/mol. The molecule has 0 unspecified atom stereocenters. The highest BCUT2D eigenvalue weighted by molar-refractivity contribution is 7.30. The molecule has 8 heteroatoms. The number of thiophene rings is 4. The molecule has 42 heavy (non-hydrogen) atoms. The summed E-state index contributed by atoms with van der Waals surface area (Å²) in [6, 6.07) is 27.2. The molecule has 0 N–H and O–H groups in total. The standard InChI is InChI=1S/C34H16N2S6/c1-5-23-21(29-17(1)9-11-37-29)7-3-19-13-25(39-31(19)23)27-15-35-33(41-27)34-36-16-28(42-34)26-14-20-4-8-22-24(32(20)40-26)6-2-18-10-12-38-30(18)22/h1-16H. The van der Waals surface area contributed by atoms with Crippen LogP contribution in [-0.2, 0) is 0 Å². The van der Waals surface area contributed by atoms with E-state index in [2.05, 4.69) is 83.6 Å². The normalized spacial score (nSPS) is 12.3. The van der Waals surface area contributed by atoms with Gasteiger partial charge in [0.1, 0.15) is 0 Å². The molecule has 10 rings (SSSR count). The first-order valence-electron chi connectivity index (χ1n) is 13.3. The lowest BCUT2D eigenvalue weighted by Gasteiger charge is -2.00. The molecule has 0 radical (unpaired) electrons. The van der Waals surface area contributed by atoms with E-state index in [4.69, 9.17) is 9.97 Å². The molecular weight excluding hydrogens is 629 g/mol. The largest absolute Gasteiger partial charge is 0.241 e. The fourth-order valence-corrected chi connectivity index (χ4v) is 12.1. The van der Waals surface area contributed by atoms with Crippen molar-refractivity contribution >= 4 is 130 Å². The Labute approximate surface area is 263 Å². The first kappa shape index (κ1) is 24.0. The van der Waals surface area contributed by atoms with Gasteiger partial charge >= 0.3 is 0 Å². The number of thiazole rings is 2. The predicted octanol–water partition coefficient (Wildman–Crippen LogP) is 12.8. The Morgan fingerprint density at radius 1 is 0.381 bits per heavy atom. The topological polar surface area (TPSA) is 25.8 Å². The summed E-state index contributed by atoms with van der Waals surface area (Å²) < 4.78 is 5.44. The van der Waals surface area contributed by atoms with E-state index in [1.807, 2.05) is 57.7 Å². The zero-order chi connectivity index (χ0) is 27.4. The minimum atomic E-state index is 0.982. The minimum Gasteiger partial charge on any atom is -0.241 e. The first-order valence-corrected chi connectivity index (χ1v) is 18.4. The fourth-order valence-electron chi connectivity index (χ4n) is 5.88. The van der Waals surface area contributed by atoms with Crippen molar-refractivity contribution in [2.45, 2.75) is 0 Å². The summed E-state index contributed by atoms with van der Waals surface area (Å²) in [6.45, 7) is 0. The molecule has 0 atom stereocenters. The van der Waals surface area contributed by atoms with Gasteiger partial charge < -0.3 is 0 Å². The van der Waals surface area contributed by atoms with Gasteiger partial charge in [0.2, 0.25) is 0 Å². The minimum absolute atomic E-state index is 0.982. The summed E-state index contributed by atoms with van der Waals surface area (Å²) >= 11 is 10.9. The molecule has 2 nitrogen and oxygen atoms in total. The molecule has 6 aromatic heterocycles. The summed E-state index contributed by atoms with van der Waals surface area (Å²) in [5, 5.41) is 16.9. The number of rotatable bonds is 3. The lowest BCUT2D eigenvalue weighted by Crippen LogP contribution is -1.72. The first-order chi connectivity index (χ1) is 20.8. The van der Waals surface area contributed by atoms with Crippen molar-refractivity contribution in [3.8, 4) is 29.5 Å². The third-order valence-corrected chi connectivity index (χ3v) is 14.7. The molecule has 0 bridgehead atoms. The average molecular weight is 645 g/mol. The van der Waals surface area contributed by atoms with Crippen LogP contribution < -0.4 is 0 Å². The van der Waals surface area contributed by atoms with Crippen molar-refractivity contribution in [1.82, 2.24) is 9.97 Å². The van der Waals surface area contributed by atoms with Crippen molar-refractivity contribution < 1.29 is 0 Å². The smallest absolute Gasteiger partial charge is 0.152 e. The SMILES string of the molecule is c1cc2ccc3c(ccc4cc(-c5cnc(-c6ncc(-c7cc8ccc9c(ccc%10ccsc%109)c8s7)s6)s5)sc43)c2s1. The van der Waals surface area contributed by atoms with Crippen molar-refractivity contribution in [2.24, 2.45) is 0 Å². The van der Waals surface area contributed by atoms with Gasteiger partial charge in [-0.15, -0.1) is 68.0 Å². The Hall–Kier alpha value is -3.50. The molecule has 198 valence electrons. The summed E-state index contributed by atoms with van der Waals surface area (Å²) in [4.78, 5) is 14.6. The maximum absolute atomic E-state index is 4.82. The van der Waals surface area contributed by atoms with Crippen LogP contribution in [0.3, 0.4) is 0 Å². The van der Waals surface area contributed by atoms with Gasteiger partial charge in [-0.3, -0.25) is 0 Å². The molecule has 4 aromatic carbocycles. The van der Waals surface area contributed by atoms with Crippen LogP contribution in [0.1, 0.15) is 0 Å². The second-order valence-electron chi connectivity index (χ2n) is 10.2. The van der Waals surface area contributed by atoms with Crippen LogP contribution in [-0.4, -0.2) is 9.97 Å². The van der Waals surface area contributed by atoms with Gasteiger partial charge in [0, 0.05) is 62.5 Å². The molecule has 0 aliphatic rings. The summed E-state index contributed by atoms with van der Waals surface area (Å²) in [5.41, 5.74) is 0. The lowest BCUT2D eigenvalue weighted by atomic mass is 10.1. The van der Waals surface area contributed by atoms with Crippen molar-refractivity contribution in [3.63, 3.8) is 0 Å². The van der Waals surface area contributed by atoms with Crippen LogP contribution in [0.4, 0.5) is 0 Å². The maximum Gasteiger partial charge on any atom is 0.152 e. The van der Waals surface area contributed by atoms with Crippen molar-refractivity contribution in [2.75, 3.05) is 0 Å². The van der Waals surface area contributed by atoms with Gasteiger partial charge in [-0.05, 0) is 56.6 Å². The summed E-state index contributed by atoms with van der Waals surface area (Å²) in [6.07, 6.45) is 4.03. The summed E-state index contributed by atoms with van der Waals surface area (Å²) in [5.74, 6) is 0. The quantitative estimate of drug-likeness (QED) is 0.191. The predicted molar refractivity (Wildman–Crippen MR) is 191 cm³/mol. The van der Waals surface area contributed by atoms with E-state index in [9.17, 15) is 0 Å². The van der Waals surface area contributed by atoms with E-state index in [0.29, 0.717) is 0 Å². The zero-order valence-corrected chi connectivity index (χ0v) is 26.5. The van der Waals surface area contributed by atoms with Crippen molar-refractivity contribution in [1.29, 1.82) is 0 Å². The molecule has 0 aliphatic carbocycles. The Morgan fingerprint density at radius 3 is 1.29 bits per heavy atom. The van der Waals surface area contributed by atoms with Crippen LogP contribution in [0.15, 0.2) is 96.0 Å². The van der Waals surface area contributed by atoms with Crippen LogP contribution in [0.2, 0.25) is 0 Å². The van der Waals surface area contributed by atoms with Crippen LogP contribution in [0.5, 0.6) is 0 Å². The Kier molecular flexibility index (Phi) is 5.14. The third kappa shape index (κ3) is 3.51. The van der Waals surface area contributed by atoms with Gasteiger partial charge in [-0.2, -0.15) is 0 Å². The van der Waals surface area contributed by atoms with E-state index in [0.717, 1.165) is 10.0 Å². The zero-order valence-electron chi connectivity index (χ0n) is 21.6. The van der Waals surface area contributed by atoms with E-state index in [-0.39, 0.29) is 0 Å². The molecule has 0 saturated heterocycles. The van der Waals surface area contributed by atoms with E-state index in [1.54, 1.807) is 22.7 Å². The number of benzene rings is 4. The van der Waals surface area contributed by atoms with Gasteiger partial charge in [-0.1, -0.05) is 48.5 Å². The molecule has 10 aromatic rings. The molecule has 0 aliphatic heterocycles. The average Bonchev–Trinajstić information content (AvgIpc) is 3.86. The highest BCUT2D eigenvalue weighted by atomic mass is 32.1. The van der Waals surface area contributed by atoms with Crippen molar-refractivity contribution in [3.05, 3.63) is 96.0 Å². The Bertz CT molecular complexity index is 2470. The van der Waals surface area contributed by atoms with E-state index in [1.165, 1.54) is 81.4 Å². The number of aromatic nitrogens is 2. The number of fused-ring (bicyclic) bond motifs is 10. The molecular formula is C34H16N2S6. The second kappa shape index (κ2) is 9.00. The maximum atomic E-state index is 4.82. The second-order valence-corrected chi connectivity index (χ2v) is 16.2. The molecule has 6 heterocycles. The number of hydrogen-bond acceptors (Lipinski definition) is 8. The fraction of sp³-hybridized carbons (Fsp3) is 0. The molecule has 0 fully saturated rings. The van der Waals surface area contributed by atoms with Crippen LogP contribution in [0, 0.1) is 0 Å². The lowest BCUT2D eigenvalue weighted by molar-refractivity contribution is 1.36. The summed E-state index contributed by atoms with van der Waals surface area (Å²) in [7, 11) is 0.